The topological polar surface area (TPSA) is 77.0 Å². The van der Waals surface area contributed by atoms with Crippen molar-refractivity contribution in [1.29, 1.82) is 0 Å². The van der Waals surface area contributed by atoms with Crippen LogP contribution in [0.1, 0.15) is 13.8 Å². The van der Waals surface area contributed by atoms with Crippen molar-refractivity contribution in [2.75, 3.05) is 24.7 Å². The number of amides is 1. The maximum atomic E-state index is 13.8. The summed E-state index contributed by atoms with van der Waals surface area (Å²) in [5.74, 6) is 5.87. The summed E-state index contributed by atoms with van der Waals surface area (Å²) >= 11 is 1.17. The Morgan fingerprint density at radius 3 is 2.75 bits per heavy atom. The predicted molar refractivity (Wildman–Crippen MR) is 93.4 cm³/mol. The fourth-order valence-corrected chi connectivity index (χ4v) is 2.88. The first-order valence-corrected chi connectivity index (χ1v) is 8.43. The molecule has 2 N–H and O–H groups in total. The molecule has 6 nitrogen and oxygen atoms in total. The summed E-state index contributed by atoms with van der Waals surface area (Å²) in [7, 11) is 0. The monoisotopic (exact) mass is 349 g/mol. The number of nitrogens with two attached hydrogens (primary N) is 1. The molecule has 0 aliphatic carbocycles. The lowest BCUT2D eigenvalue weighted by Gasteiger charge is -2.20. The van der Waals surface area contributed by atoms with E-state index in [0.29, 0.717) is 18.2 Å². The van der Waals surface area contributed by atoms with Crippen LogP contribution in [0.5, 0.6) is 0 Å². The number of thioether (sulfide) groups is 1. The normalized spacial score (nSPS) is 10.6. The third kappa shape index (κ3) is 4.14. The van der Waals surface area contributed by atoms with Crippen LogP contribution >= 0.6 is 11.8 Å². The van der Waals surface area contributed by atoms with Gasteiger partial charge in [-0.15, -0.1) is 10.2 Å². The Hall–Kier alpha value is -2.35. The van der Waals surface area contributed by atoms with Crippen molar-refractivity contribution in [3.05, 3.63) is 42.2 Å². The number of carbonyl (C=O) groups is 1. The Balaban J connectivity index is 2.08. The first-order valence-electron chi connectivity index (χ1n) is 7.44. The van der Waals surface area contributed by atoms with Crippen LogP contribution in [-0.2, 0) is 4.79 Å². The van der Waals surface area contributed by atoms with Crippen molar-refractivity contribution < 1.29 is 9.18 Å². The molecule has 2 rings (SSSR count). The van der Waals surface area contributed by atoms with E-state index in [-0.39, 0.29) is 23.0 Å². The van der Waals surface area contributed by atoms with Crippen molar-refractivity contribution in [2.45, 2.75) is 19.0 Å². The number of likely N-dealkylation sites (N-methyl/N-ethyl adjacent to an activating group) is 1. The minimum absolute atomic E-state index is 0.0408. The fraction of sp³-hybridized carbons (Fsp3) is 0.312. The van der Waals surface area contributed by atoms with Crippen LogP contribution in [0.2, 0.25) is 0 Å². The molecular formula is C16H20FN5OS. The van der Waals surface area contributed by atoms with Gasteiger partial charge in [-0.3, -0.25) is 4.79 Å². The fourth-order valence-electron chi connectivity index (χ4n) is 2.12. The van der Waals surface area contributed by atoms with Crippen LogP contribution in [0.4, 0.5) is 4.39 Å². The van der Waals surface area contributed by atoms with E-state index in [1.54, 1.807) is 23.1 Å². The van der Waals surface area contributed by atoms with E-state index in [1.807, 2.05) is 13.8 Å². The second kappa shape index (κ2) is 7.96. The van der Waals surface area contributed by atoms with E-state index in [0.717, 1.165) is 5.57 Å². The highest BCUT2D eigenvalue weighted by molar-refractivity contribution is 7.99. The smallest absolute Gasteiger partial charge is 0.233 e. The molecule has 1 amide bonds. The lowest BCUT2D eigenvalue weighted by atomic mass is 10.2. The molecule has 0 saturated carbocycles. The molecule has 0 spiro atoms. The molecule has 8 heteroatoms. The van der Waals surface area contributed by atoms with E-state index in [4.69, 9.17) is 5.84 Å². The molecule has 128 valence electrons. The summed E-state index contributed by atoms with van der Waals surface area (Å²) in [6.07, 6.45) is 0. The quantitative estimate of drug-likeness (QED) is 0.471. The lowest BCUT2D eigenvalue weighted by molar-refractivity contribution is -0.127. The van der Waals surface area contributed by atoms with Gasteiger partial charge < -0.3 is 10.7 Å². The molecule has 0 aliphatic rings. The molecule has 24 heavy (non-hydrogen) atoms. The highest BCUT2D eigenvalue weighted by atomic mass is 32.2. The Kier molecular flexibility index (Phi) is 5.97. The summed E-state index contributed by atoms with van der Waals surface area (Å²) in [4.78, 5) is 13.9. The molecule has 0 saturated heterocycles. The van der Waals surface area contributed by atoms with Crippen molar-refractivity contribution in [2.24, 2.45) is 0 Å². The summed E-state index contributed by atoms with van der Waals surface area (Å²) in [5, 5.41) is 8.23. The van der Waals surface area contributed by atoms with Gasteiger partial charge in [-0.2, -0.15) is 0 Å². The van der Waals surface area contributed by atoms with E-state index in [9.17, 15) is 9.18 Å². The van der Waals surface area contributed by atoms with E-state index >= 15 is 0 Å². The molecular weight excluding hydrogens is 329 g/mol. The number of rotatable bonds is 7. The first kappa shape index (κ1) is 18.0. The molecule has 0 aliphatic heterocycles. The van der Waals surface area contributed by atoms with Crippen LogP contribution < -0.4 is 5.84 Å². The number of hydrogen-bond donors (Lipinski definition) is 1. The van der Waals surface area contributed by atoms with Gasteiger partial charge in [0.2, 0.25) is 11.1 Å². The van der Waals surface area contributed by atoms with Crippen LogP contribution in [0.3, 0.4) is 0 Å². The second-order valence-electron chi connectivity index (χ2n) is 5.31. The zero-order valence-electron chi connectivity index (χ0n) is 13.7. The average Bonchev–Trinajstić information content (AvgIpc) is 2.91. The number of benzene rings is 1. The molecule has 1 heterocycles. The molecule has 1 aromatic carbocycles. The zero-order chi connectivity index (χ0) is 17.7. The lowest BCUT2D eigenvalue weighted by Crippen LogP contribution is -2.33. The maximum Gasteiger partial charge on any atom is 0.233 e. The van der Waals surface area contributed by atoms with Crippen LogP contribution in [-0.4, -0.2) is 44.5 Å². The van der Waals surface area contributed by atoms with Gasteiger partial charge in [-0.1, -0.05) is 36.0 Å². The van der Waals surface area contributed by atoms with Gasteiger partial charge in [0.1, 0.15) is 5.82 Å². The summed E-state index contributed by atoms with van der Waals surface area (Å²) in [6.45, 7) is 8.72. The Morgan fingerprint density at radius 1 is 1.42 bits per heavy atom. The van der Waals surface area contributed by atoms with Gasteiger partial charge in [-0.05, 0) is 26.0 Å². The minimum Gasteiger partial charge on any atom is -0.338 e. The number of nitrogen functional groups attached to an aromatic ring is 1. The van der Waals surface area contributed by atoms with Crippen LogP contribution in [0.25, 0.3) is 11.4 Å². The van der Waals surface area contributed by atoms with E-state index < -0.39 is 5.82 Å². The summed E-state index contributed by atoms with van der Waals surface area (Å²) < 4.78 is 15.0. The summed E-state index contributed by atoms with van der Waals surface area (Å²) in [5.41, 5.74) is 1.18. The van der Waals surface area contributed by atoms with Crippen molar-refractivity contribution in [3.63, 3.8) is 0 Å². The molecule has 0 radical (unpaired) electrons. The third-order valence-corrected chi connectivity index (χ3v) is 4.23. The number of nitrogens with zero attached hydrogens (tertiary/aromatic N) is 4. The SMILES string of the molecule is C=C(C)CN(CC)C(=O)CSc1nnc(-c2ccccc2F)n1N. The van der Waals surface area contributed by atoms with Crippen molar-refractivity contribution >= 4 is 17.7 Å². The molecule has 2 aromatic rings. The molecule has 0 unspecified atom stereocenters. The van der Waals surface area contributed by atoms with Gasteiger partial charge in [0.05, 0.1) is 11.3 Å². The van der Waals surface area contributed by atoms with Gasteiger partial charge >= 0.3 is 0 Å². The zero-order valence-corrected chi connectivity index (χ0v) is 14.5. The summed E-state index contributed by atoms with van der Waals surface area (Å²) in [6, 6.07) is 6.19. The number of hydrogen-bond acceptors (Lipinski definition) is 5. The highest BCUT2D eigenvalue weighted by Gasteiger charge is 2.18. The van der Waals surface area contributed by atoms with E-state index in [2.05, 4.69) is 16.8 Å². The molecule has 1 aromatic heterocycles. The number of halogens is 1. The largest absolute Gasteiger partial charge is 0.338 e. The van der Waals surface area contributed by atoms with Crippen LogP contribution in [0.15, 0.2) is 41.6 Å². The predicted octanol–water partition coefficient (Wildman–Crippen LogP) is 2.31. The Morgan fingerprint density at radius 2 is 2.12 bits per heavy atom. The van der Waals surface area contributed by atoms with Gasteiger partial charge in [-0.25, -0.2) is 9.07 Å². The maximum absolute atomic E-state index is 13.8. The Bertz CT molecular complexity index is 746. The standard InChI is InChI=1S/C16H20FN5OS/c1-4-21(9-11(2)3)14(23)10-24-16-20-19-15(22(16)18)12-7-5-6-8-13(12)17/h5-8H,2,4,9-10,18H2,1,3H3. The minimum atomic E-state index is -0.428. The Labute approximate surface area is 144 Å². The van der Waals surface area contributed by atoms with Gasteiger partial charge in [0.25, 0.3) is 0 Å². The van der Waals surface area contributed by atoms with Crippen molar-refractivity contribution in [1.82, 2.24) is 19.8 Å². The molecule has 0 bridgehead atoms. The molecule has 0 fully saturated rings. The van der Waals surface area contributed by atoms with Crippen LogP contribution in [0, 0.1) is 5.82 Å². The average molecular weight is 349 g/mol. The number of aromatic nitrogens is 3. The third-order valence-electron chi connectivity index (χ3n) is 3.30. The van der Waals surface area contributed by atoms with E-state index in [1.165, 1.54) is 22.5 Å². The van der Waals surface area contributed by atoms with Gasteiger partial charge in [0.15, 0.2) is 5.82 Å². The number of carbonyl (C=O) groups excluding carboxylic acids is 1. The highest BCUT2D eigenvalue weighted by Crippen LogP contribution is 2.23. The second-order valence-corrected chi connectivity index (χ2v) is 6.25. The molecule has 0 atom stereocenters. The van der Waals surface area contributed by atoms with Gasteiger partial charge in [0, 0.05) is 13.1 Å². The van der Waals surface area contributed by atoms with Crippen molar-refractivity contribution in [3.8, 4) is 11.4 Å². The first-order chi connectivity index (χ1) is 11.4.